The summed E-state index contributed by atoms with van der Waals surface area (Å²) < 4.78 is 0. The lowest BCUT2D eigenvalue weighted by atomic mass is 9.93. The molecule has 0 bridgehead atoms. The minimum absolute atomic E-state index is 0.171. The molecule has 3 heteroatoms. The molecule has 0 aliphatic rings. The fraction of sp³-hybridized carbons (Fsp3) is 0.786. The molecule has 0 spiro atoms. The molecule has 1 heterocycles. The number of rotatable bonds is 6. The third kappa shape index (κ3) is 4.76. The van der Waals surface area contributed by atoms with E-state index in [1.54, 1.807) is 11.3 Å². The second-order valence-corrected chi connectivity index (χ2v) is 6.63. The first-order valence-corrected chi connectivity index (χ1v) is 7.50. The molecule has 0 saturated heterocycles. The van der Waals surface area contributed by atoms with E-state index in [9.17, 15) is 0 Å². The largest absolute Gasteiger partial charge is 0.310 e. The Kier molecular flexibility index (Phi) is 5.60. The highest BCUT2D eigenvalue weighted by atomic mass is 32.1. The van der Waals surface area contributed by atoms with E-state index < -0.39 is 0 Å². The summed E-state index contributed by atoms with van der Waals surface area (Å²) in [7, 11) is 0. The first-order chi connectivity index (χ1) is 7.97. The predicted octanol–water partition coefficient (Wildman–Crippen LogP) is 3.97. The quantitative estimate of drug-likeness (QED) is 0.831. The Labute approximate surface area is 110 Å². The Hall–Kier alpha value is -0.410. The van der Waals surface area contributed by atoms with Gasteiger partial charge in [0, 0.05) is 17.3 Å². The molecule has 1 aromatic heterocycles. The fourth-order valence-electron chi connectivity index (χ4n) is 1.70. The van der Waals surface area contributed by atoms with Crippen LogP contribution in [0.25, 0.3) is 0 Å². The third-order valence-electron chi connectivity index (χ3n) is 3.18. The van der Waals surface area contributed by atoms with Gasteiger partial charge in [0.15, 0.2) is 0 Å². The smallest absolute Gasteiger partial charge is 0.107 e. The molecule has 0 atom stereocenters. The summed E-state index contributed by atoms with van der Waals surface area (Å²) >= 11 is 1.77. The zero-order chi connectivity index (χ0) is 12.9. The van der Waals surface area contributed by atoms with Gasteiger partial charge in [-0.2, -0.15) is 0 Å². The van der Waals surface area contributed by atoms with E-state index >= 15 is 0 Å². The highest BCUT2D eigenvalue weighted by Crippen LogP contribution is 2.23. The molecular weight excluding hydrogens is 228 g/mol. The van der Waals surface area contributed by atoms with E-state index in [1.807, 2.05) is 0 Å². The van der Waals surface area contributed by atoms with E-state index in [1.165, 1.54) is 23.5 Å². The molecule has 1 rings (SSSR count). The predicted molar refractivity (Wildman–Crippen MR) is 76.6 cm³/mol. The second kappa shape index (κ2) is 6.50. The fourth-order valence-corrected chi connectivity index (χ4v) is 2.69. The van der Waals surface area contributed by atoms with E-state index in [4.69, 9.17) is 0 Å². The molecule has 98 valence electrons. The molecule has 0 unspecified atom stereocenters. The van der Waals surface area contributed by atoms with Crippen molar-refractivity contribution in [2.45, 2.75) is 59.4 Å². The van der Waals surface area contributed by atoms with Crippen LogP contribution in [-0.4, -0.2) is 11.5 Å². The topological polar surface area (TPSA) is 24.9 Å². The normalized spacial score (nSPS) is 12.4. The van der Waals surface area contributed by atoms with Gasteiger partial charge in [-0.25, -0.2) is 4.98 Å². The standard InChI is InChI=1S/C14H26N2S/c1-6-11(7-2)8-15-9-13-16-12(10-17-13)14(3,4)5/h10-11,15H,6-9H2,1-5H3. The van der Waals surface area contributed by atoms with Gasteiger partial charge in [-0.05, 0) is 12.5 Å². The molecule has 0 fully saturated rings. The Morgan fingerprint density at radius 2 is 1.94 bits per heavy atom. The van der Waals surface area contributed by atoms with E-state index in [-0.39, 0.29) is 5.41 Å². The maximum absolute atomic E-state index is 4.69. The van der Waals surface area contributed by atoms with Gasteiger partial charge in [0.05, 0.1) is 5.69 Å². The van der Waals surface area contributed by atoms with E-state index in [0.717, 1.165) is 19.0 Å². The van der Waals surface area contributed by atoms with Crippen LogP contribution >= 0.6 is 11.3 Å². The van der Waals surface area contributed by atoms with Crippen molar-refractivity contribution in [1.29, 1.82) is 0 Å². The van der Waals surface area contributed by atoms with Crippen molar-refractivity contribution in [2.75, 3.05) is 6.54 Å². The molecule has 0 aromatic carbocycles. The minimum Gasteiger partial charge on any atom is -0.310 e. The summed E-state index contributed by atoms with van der Waals surface area (Å²) in [6.07, 6.45) is 2.52. The Morgan fingerprint density at radius 3 is 2.41 bits per heavy atom. The van der Waals surface area contributed by atoms with Crippen molar-refractivity contribution in [1.82, 2.24) is 10.3 Å². The molecule has 0 saturated carbocycles. The number of nitrogens with zero attached hydrogens (tertiary/aromatic N) is 1. The monoisotopic (exact) mass is 254 g/mol. The van der Waals surface area contributed by atoms with Crippen molar-refractivity contribution in [2.24, 2.45) is 5.92 Å². The van der Waals surface area contributed by atoms with Gasteiger partial charge in [-0.1, -0.05) is 47.5 Å². The lowest BCUT2D eigenvalue weighted by Crippen LogP contribution is -2.21. The third-order valence-corrected chi connectivity index (χ3v) is 4.03. The second-order valence-electron chi connectivity index (χ2n) is 5.69. The highest BCUT2D eigenvalue weighted by Gasteiger charge is 2.17. The van der Waals surface area contributed by atoms with Gasteiger partial charge in [-0.15, -0.1) is 11.3 Å². The van der Waals surface area contributed by atoms with Crippen LogP contribution in [0.2, 0.25) is 0 Å². The highest BCUT2D eigenvalue weighted by molar-refractivity contribution is 7.09. The first-order valence-electron chi connectivity index (χ1n) is 6.63. The van der Waals surface area contributed by atoms with Crippen molar-refractivity contribution in [3.05, 3.63) is 16.1 Å². The maximum atomic E-state index is 4.69. The molecule has 0 aliphatic heterocycles. The molecule has 1 aromatic rings. The molecule has 0 radical (unpaired) electrons. The maximum Gasteiger partial charge on any atom is 0.107 e. The Balaban J connectivity index is 2.40. The summed E-state index contributed by atoms with van der Waals surface area (Å²) in [5.74, 6) is 0.803. The average Bonchev–Trinajstić information content (AvgIpc) is 2.73. The molecule has 17 heavy (non-hydrogen) atoms. The molecular formula is C14H26N2S. The first kappa shape index (κ1) is 14.7. The van der Waals surface area contributed by atoms with Crippen LogP contribution in [0.3, 0.4) is 0 Å². The van der Waals surface area contributed by atoms with Crippen molar-refractivity contribution < 1.29 is 0 Å². The van der Waals surface area contributed by atoms with Gasteiger partial charge in [0.2, 0.25) is 0 Å². The number of nitrogens with one attached hydrogen (secondary N) is 1. The zero-order valence-electron chi connectivity index (χ0n) is 11.8. The van der Waals surface area contributed by atoms with Crippen LogP contribution in [0.1, 0.15) is 58.2 Å². The number of aromatic nitrogens is 1. The van der Waals surface area contributed by atoms with Crippen LogP contribution in [0.15, 0.2) is 5.38 Å². The Morgan fingerprint density at radius 1 is 1.29 bits per heavy atom. The van der Waals surface area contributed by atoms with Gasteiger partial charge >= 0.3 is 0 Å². The van der Waals surface area contributed by atoms with Gasteiger partial charge in [-0.3, -0.25) is 0 Å². The number of thiazole rings is 1. The van der Waals surface area contributed by atoms with Crippen LogP contribution in [0, 0.1) is 5.92 Å². The van der Waals surface area contributed by atoms with Crippen molar-refractivity contribution in [3.63, 3.8) is 0 Å². The minimum atomic E-state index is 0.171. The van der Waals surface area contributed by atoms with E-state index in [0.29, 0.717) is 0 Å². The summed E-state index contributed by atoms with van der Waals surface area (Å²) in [4.78, 5) is 4.69. The van der Waals surface area contributed by atoms with Crippen LogP contribution in [0.4, 0.5) is 0 Å². The molecule has 0 amide bonds. The summed E-state index contributed by atoms with van der Waals surface area (Å²) in [6.45, 7) is 13.2. The zero-order valence-corrected chi connectivity index (χ0v) is 12.7. The number of hydrogen-bond acceptors (Lipinski definition) is 3. The lowest BCUT2D eigenvalue weighted by molar-refractivity contribution is 0.448. The Bertz CT molecular complexity index is 321. The summed E-state index contributed by atoms with van der Waals surface area (Å²) in [6, 6.07) is 0. The van der Waals surface area contributed by atoms with Crippen LogP contribution < -0.4 is 5.32 Å². The van der Waals surface area contributed by atoms with Gasteiger partial charge in [0.1, 0.15) is 5.01 Å². The molecule has 1 N–H and O–H groups in total. The van der Waals surface area contributed by atoms with E-state index in [2.05, 4.69) is 50.3 Å². The van der Waals surface area contributed by atoms with Gasteiger partial charge in [0.25, 0.3) is 0 Å². The molecule has 2 nitrogen and oxygen atoms in total. The van der Waals surface area contributed by atoms with Crippen LogP contribution in [0.5, 0.6) is 0 Å². The van der Waals surface area contributed by atoms with Crippen LogP contribution in [-0.2, 0) is 12.0 Å². The lowest BCUT2D eigenvalue weighted by Gasteiger charge is -2.14. The average molecular weight is 254 g/mol. The van der Waals surface area contributed by atoms with Crippen molar-refractivity contribution in [3.8, 4) is 0 Å². The SMILES string of the molecule is CCC(CC)CNCc1nc(C(C)(C)C)cs1. The van der Waals surface area contributed by atoms with Gasteiger partial charge < -0.3 is 5.32 Å². The number of hydrogen-bond donors (Lipinski definition) is 1. The summed E-state index contributed by atoms with van der Waals surface area (Å²) in [5, 5.41) is 6.91. The summed E-state index contributed by atoms with van der Waals surface area (Å²) in [5.41, 5.74) is 1.38. The molecule has 0 aliphatic carbocycles. The van der Waals surface area contributed by atoms with Crippen molar-refractivity contribution >= 4 is 11.3 Å².